The highest BCUT2D eigenvalue weighted by atomic mass is 32.2. The van der Waals surface area contributed by atoms with E-state index in [9.17, 15) is 23.6 Å². The Kier molecular flexibility index (Phi) is 7.94. The summed E-state index contributed by atoms with van der Waals surface area (Å²) in [6.07, 6.45) is 9.46. The van der Waals surface area contributed by atoms with Crippen LogP contribution in [0.15, 0.2) is 17.0 Å². The van der Waals surface area contributed by atoms with Crippen LogP contribution in [0.2, 0.25) is 0 Å². The molecule has 2 bridgehead atoms. The number of rotatable bonds is 11. The number of nitrogens with zero attached hydrogens (tertiary/aromatic N) is 1. The maximum absolute atomic E-state index is 14.8. The van der Waals surface area contributed by atoms with Crippen molar-refractivity contribution in [1.82, 2.24) is 15.5 Å². The second-order valence-corrected chi connectivity index (χ2v) is 13.6. The van der Waals surface area contributed by atoms with Gasteiger partial charge < -0.3 is 5.32 Å². The molecule has 0 aromatic heterocycles. The molecular formula is C30H40FN3O4S. The molecule has 2 aliphatic heterocycles. The Balaban J connectivity index is 1.06. The highest BCUT2D eigenvalue weighted by Gasteiger charge is 2.60. The molecule has 4 atom stereocenters. The number of amides is 4. The first kappa shape index (κ1) is 28.3. The third-order valence-electron chi connectivity index (χ3n) is 10.3. The first-order valence-corrected chi connectivity index (χ1v) is 15.4. The lowest BCUT2D eigenvalue weighted by atomic mass is 9.69. The van der Waals surface area contributed by atoms with Crippen molar-refractivity contribution >= 4 is 35.4 Å². The molecule has 1 unspecified atom stereocenters. The van der Waals surface area contributed by atoms with Crippen LogP contribution in [0.4, 0.5) is 4.39 Å². The number of carbonyl (C=O) groups is 4. The number of fused-ring (bicyclic) bond motifs is 3. The molecule has 2 aliphatic carbocycles. The molecule has 4 aliphatic rings. The van der Waals surface area contributed by atoms with Crippen LogP contribution in [-0.2, 0) is 9.59 Å². The average molecular weight is 558 g/mol. The number of hydrogen-bond acceptors (Lipinski definition) is 6. The van der Waals surface area contributed by atoms with E-state index in [1.54, 1.807) is 0 Å². The van der Waals surface area contributed by atoms with Crippen molar-refractivity contribution in [2.75, 3.05) is 12.3 Å². The second-order valence-electron chi connectivity index (χ2n) is 12.5. The Labute approximate surface area is 234 Å². The minimum Gasteiger partial charge on any atom is -0.313 e. The van der Waals surface area contributed by atoms with Gasteiger partial charge in [-0.25, -0.2) is 4.39 Å². The van der Waals surface area contributed by atoms with Gasteiger partial charge in [-0.3, -0.25) is 29.4 Å². The summed E-state index contributed by atoms with van der Waals surface area (Å²) in [4.78, 5) is 51.0. The highest BCUT2D eigenvalue weighted by Crippen LogP contribution is 2.65. The number of imide groups is 2. The molecule has 9 heteroatoms. The first-order valence-electron chi connectivity index (χ1n) is 14.5. The van der Waals surface area contributed by atoms with Crippen molar-refractivity contribution in [1.29, 1.82) is 0 Å². The zero-order valence-electron chi connectivity index (χ0n) is 23.2. The van der Waals surface area contributed by atoms with Crippen LogP contribution in [0.5, 0.6) is 0 Å². The number of thioether (sulfide) groups is 1. The quantitative estimate of drug-likeness (QED) is 0.224. The summed E-state index contributed by atoms with van der Waals surface area (Å²) in [5, 5.41) is 6.04. The maximum Gasteiger partial charge on any atom is 0.263 e. The summed E-state index contributed by atoms with van der Waals surface area (Å²) >= 11 is 1.26. The van der Waals surface area contributed by atoms with E-state index in [-0.39, 0.29) is 28.9 Å². The molecule has 4 amide bonds. The molecule has 0 radical (unpaired) electrons. The van der Waals surface area contributed by atoms with Gasteiger partial charge in [0.15, 0.2) is 0 Å². The van der Waals surface area contributed by atoms with E-state index < -0.39 is 35.5 Å². The van der Waals surface area contributed by atoms with Crippen LogP contribution in [0.25, 0.3) is 0 Å². The minimum absolute atomic E-state index is 0.0401. The number of unbranched alkanes of at least 4 members (excludes halogenated alkanes) is 4. The van der Waals surface area contributed by atoms with Crippen LogP contribution >= 0.6 is 11.8 Å². The number of halogens is 1. The zero-order chi connectivity index (χ0) is 27.9. The Bertz CT molecular complexity index is 1190. The Morgan fingerprint density at radius 2 is 1.77 bits per heavy atom. The SMILES string of the molecule is CC1(C)[C@@H]2CC[C@@]1(C)[C@@H](NCCCCCCCSc1c(F)ccc3c1C(=O)N(C1CCC(=O)NC1=O)C3=O)C2. The predicted octanol–water partition coefficient (Wildman–Crippen LogP) is 5.07. The van der Waals surface area contributed by atoms with Gasteiger partial charge in [0.1, 0.15) is 11.9 Å². The third kappa shape index (κ3) is 4.94. The molecule has 39 heavy (non-hydrogen) atoms. The van der Waals surface area contributed by atoms with E-state index in [1.807, 2.05) is 0 Å². The average Bonchev–Trinajstić information content (AvgIpc) is 3.35. The Morgan fingerprint density at radius 3 is 2.46 bits per heavy atom. The van der Waals surface area contributed by atoms with Gasteiger partial charge >= 0.3 is 0 Å². The van der Waals surface area contributed by atoms with E-state index in [0.717, 1.165) is 49.5 Å². The molecule has 0 spiro atoms. The molecule has 3 fully saturated rings. The summed E-state index contributed by atoms with van der Waals surface area (Å²) in [6, 6.07) is 2.10. The molecule has 2 saturated carbocycles. The van der Waals surface area contributed by atoms with Crippen LogP contribution < -0.4 is 10.6 Å². The first-order chi connectivity index (χ1) is 18.6. The summed E-state index contributed by atoms with van der Waals surface area (Å²) in [5.41, 5.74) is 1.00. The lowest BCUT2D eigenvalue weighted by Gasteiger charge is -2.39. The van der Waals surface area contributed by atoms with Crippen molar-refractivity contribution in [3.8, 4) is 0 Å². The maximum atomic E-state index is 14.8. The fourth-order valence-corrected chi connectivity index (χ4v) is 8.46. The van der Waals surface area contributed by atoms with E-state index in [4.69, 9.17) is 0 Å². The van der Waals surface area contributed by atoms with Crippen LogP contribution in [0.1, 0.15) is 106 Å². The standard InChI is InChI=1S/C30H40FN3O4S/c1-29(2)18-13-14-30(29,3)22(17-18)32-15-7-5-4-6-8-16-39-25-20(31)10-9-19-24(25)28(38)34(27(19)37)21-11-12-23(35)33-26(21)36/h9-10,18,21-22,32H,4-8,11-17H2,1-3H3,(H,33,35,36)/t18-,21?,22+,30+/m1/s1. The smallest absolute Gasteiger partial charge is 0.263 e. The van der Waals surface area contributed by atoms with Crippen LogP contribution in [0.3, 0.4) is 0 Å². The number of piperidine rings is 1. The van der Waals surface area contributed by atoms with Crippen molar-refractivity contribution in [3.05, 3.63) is 29.1 Å². The molecule has 2 heterocycles. The van der Waals surface area contributed by atoms with Gasteiger partial charge in [-0.1, -0.05) is 40.0 Å². The predicted molar refractivity (Wildman–Crippen MR) is 148 cm³/mol. The summed E-state index contributed by atoms with van der Waals surface area (Å²) in [5.74, 6) is -1.41. The van der Waals surface area contributed by atoms with E-state index in [0.29, 0.717) is 22.6 Å². The lowest BCUT2D eigenvalue weighted by molar-refractivity contribution is -0.136. The van der Waals surface area contributed by atoms with E-state index in [1.165, 1.54) is 43.2 Å². The highest BCUT2D eigenvalue weighted by molar-refractivity contribution is 7.99. The van der Waals surface area contributed by atoms with Crippen LogP contribution in [0, 0.1) is 22.6 Å². The van der Waals surface area contributed by atoms with Gasteiger partial charge in [-0.2, -0.15) is 0 Å². The largest absolute Gasteiger partial charge is 0.313 e. The van der Waals surface area contributed by atoms with Gasteiger partial charge in [0.05, 0.1) is 16.0 Å². The van der Waals surface area contributed by atoms with E-state index in [2.05, 4.69) is 31.4 Å². The molecule has 1 saturated heterocycles. The topological polar surface area (TPSA) is 95.6 Å². The minimum atomic E-state index is -1.05. The molecule has 212 valence electrons. The van der Waals surface area contributed by atoms with Gasteiger partial charge in [0, 0.05) is 12.5 Å². The van der Waals surface area contributed by atoms with Crippen molar-refractivity contribution in [3.63, 3.8) is 0 Å². The Morgan fingerprint density at radius 1 is 1.03 bits per heavy atom. The monoisotopic (exact) mass is 557 g/mol. The van der Waals surface area contributed by atoms with Crippen LogP contribution in [-0.4, -0.2) is 52.9 Å². The molecule has 2 N–H and O–H groups in total. The molecule has 5 rings (SSSR count). The summed E-state index contributed by atoms with van der Waals surface area (Å²) in [6.45, 7) is 8.42. The summed E-state index contributed by atoms with van der Waals surface area (Å²) < 4.78 is 14.8. The molecular weight excluding hydrogens is 517 g/mol. The lowest BCUT2D eigenvalue weighted by Crippen LogP contribution is -2.54. The second kappa shape index (κ2) is 11.0. The fraction of sp³-hybridized carbons (Fsp3) is 0.667. The van der Waals surface area contributed by atoms with Gasteiger partial charge in [0.2, 0.25) is 11.8 Å². The van der Waals surface area contributed by atoms with Gasteiger partial charge in [0.25, 0.3) is 11.8 Å². The third-order valence-corrected chi connectivity index (χ3v) is 11.4. The number of nitrogens with one attached hydrogen (secondary N) is 2. The van der Waals surface area contributed by atoms with Crippen molar-refractivity contribution in [2.24, 2.45) is 16.7 Å². The number of carbonyl (C=O) groups excluding carboxylic acids is 4. The fourth-order valence-electron chi connectivity index (χ4n) is 7.36. The van der Waals surface area contributed by atoms with Gasteiger partial charge in [-0.05, 0) is 79.7 Å². The molecule has 1 aromatic rings. The molecule has 1 aromatic carbocycles. The number of benzene rings is 1. The molecule has 7 nitrogen and oxygen atoms in total. The normalized spacial score (nSPS) is 29.3. The van der Waals surface area contributed by atoms with Crippen molar-refractivity contribution < 1.29 is 23.6 Å². The van der Waals surface area contributed by atoms with E-state index >= 15 is 0 Å². The van der Waals surface area contributed by atoms with Crippen molar-refractivity contribution in [2.45, 2.75) is 102 Å². The summed E-state index contributed by atoms with van der Waals surface area (Å²) in [7, 11) is 0. The zero-order valence-corrected chi connectivity index (χ0v) is 24.1. The van der Waals surface area contributed by atoms with Gasteiger partial charge in [-0.15, -0.1) is 11.8 Å². The number of hydrogen-bond donors (Lipinski definition) is 2. The Hall–Kier alpha value is -2.26.